The molecule has 0 spiro atoms. The van der Waals surface area contributed by atoms with Gasteiger partial charge >= 0.3 is 0 Å². The Morgan fingerprint density at radius 1 is 1.57 bits per heavy atom. The number of nitrogens with zero attached hydrogens (tertiary/aromatic N) is 1. The zero-order valence-electron chi connectivity index (χ0n) is 8.44. The SMILES string of the molecule is CNC1CCCN(C(CO)CO)C1=O. The Kier molecular flexibility index (Phi) is 4.31. The number of piperidine rings is 1. The van der Waals surface area contributed by atoms with Gasteiger partial charge in [-0.15, -0.1) is 0 Å². The van der Waals surface area contributed by atoms with Crippen LogP contribution in [0.4, 0.5) is 0 Å². The van der Waals surface area contributed by atoms with Crippen LogP contribution in [-0.4, -0.2) is 59.9 Å². The Bertz CT molecular complexity index is 194. The average molecular weight is 202 g/mol. The van der Waals surface area contributed by atoms with Crippen molar-refractivity contribution in [2.75, 3.05) is 26.8 Å². The quantitative estimate of drug-likeness (QED) is 0.521. The van der Waals surface area contributed by atoms with Crippen molar-refractivity contribution in [2.45, 2.75) is 24.9 Å². The third-order valence-corrected chi connectivity index (χ3v) is 2.68. The van der Waals surface area contributed by atoms with E-state index >= 15 is 0 Å². The molecule has 1 fully saturated rings. The summed E-state index contributed by atoms with van der Waals surface area (Å²) < 4.78 is 0. The molecular weight excluding hydrogens is 184 g/mol. The van der Waals surface area contributed by atoms with E-state index < -0.39 is 6.04 Å². The molecule has 1 amide bonds. The van der Waals surface area contributed by atoms with E-state index in [0.29, 0.717) is 6.54 Å². The fourth-order valence-electron chi connectivity index (χ4n) is 1.78. The van der Waals surface area contributed by atoms with Gasteiger partial charge in [-0.1, -0.05) is 0 Å². The van der Waals surface area contributed by atoms with Crippen LogP contribution >= 0.6 is 0 Å². The minimum absolute atomic E-state index is 0.0214. The number of carbonyl (C=O) groups excluding carboxylic acids is 1. The Hall–Kier alpha value is -0.650. The molecule has 0 saturated carbocycles. The van der Waals surface area contributed by atoms with Crippen LogP contribution in [0.5, 0.6) is 0 Å². The number of likely N-dealkylation sites (tertiary alicyclic amines) is 1. The summed E-state index contributed by atoms with van der Waals surface area (Å²) >= 11 is 0. The first kappa shape index (κ1) is 11.4. The number of hydrogen-bond acceptors (Lipinski definition) is 4. The van der Waals surface area contributed by atoms with Crippen molar-refractivity contribution in [1.29, 1.82) is 0 Å². The van der Waals surface area contributed by atoms with Gasteiger partial charge in [0.25, 0.3) is 0 Å². The minimum Gasteiger partial charge on any atom is -0.394 e. The Labute approximate surface area is 83.7 Å². The van der Waals surface area contributed by atoms with E-state index in [2.05, 4.69) is 5.32 Å². The van der Waals surface area contributed by atoms with Crippen LogP contribution in [0.15, 0.2) is 0 Å². The first-order valence-electron chi connectivity index (χ1n) is 4.94. The van der Waals surface area contributed by atoms with Gasteiger partial charge in [0.15, 0.2) is 0 Å². The Morgan fingerprint density at radius 3 is 2.71 bits per heavy atom. The van der Waals surface area contributed by atoms with Gasteiger partial charge in [0, 0.05) is 6.54 Å². The summed E-state index contributed by atoms with van der Waals surface area (Å²) in [5.74, 6) is -0.0214. The molecule has 1 saturated heterocycles. The number of aliphatic hydroxyl groups excluding tert-OH is 2. The molecule has 0 aromatic carbocycles. The van der Waals surface area contributed by atoms with E-state index in [1.165, 1.54) is 0 Å². The predicted molar refractivity (Wildman–Crippen MR) is 51.8 cm³/mol. The minimum atomic E-state index is -0.446. The smallest absolute Gasteiger partial charge is 0.240 e. The zero-order chi connectivity index (χ0) is 10.6. The van der Waals surface area contributed by atoms with Crippen molar-refractivity contribution in [3.05, 3.63) is 0 Å². The van der Waals surface area contributed by atoms with Crippen molar-refractivity contribution >= 4 is 5.91 Å². The van der Waals surface area contributed by atoms with Gasteiger partial charge in [-0.25, -0.2) is 0 Å². The van der Waals surface area contributed by atoms with Crippen molar-refractivity contribution in [3.8, 4) is 0 Å². The van der Waals surface area contributed by atoms with Crippen LogP contribution in [0.2, 0.25) is 0 Å². The summed E-state index contributed by atoms with van der Waals surface area (Å²) in [6.07, 6.45) is 1.74. The molecule has 0 aromatic heterocycles. The van der Waals surface area contributed by atoms with E-state index in [9.17, 15) is 4.79 Å². The average Bonchev–Trinajstić information content (AvgIpc) is 2.22. The van der Waals surface area contributed by atoms with E-state index in [4.69, 9.17) is 10.2 Å². The second-order valence-corrected chi connectivity index (χ2v) is 3.53. The van der Waals surface area contributed by atoms with Crippen LogP contribution in [0.1, 0.15) is 12.8 Å². The fraction of sp³-hybridized carbons (Fsp3) is 0.889. The van der Waals surface area contributed by atoms with Gasteiger partial charge in [-0.05, 0) is 19.9 Å². The molecule has 14 heavy (non-hydrogen) atoms. The van der Waals surface area contributed by atoms with Crippen molar-refractivity contribution in [2.24, 2.45) is 0 Å². The van der Waals surface area contributed by atoms with Gasteiger partial charge in [0.2, 0.25) is 5.91 Å². The number of likely N-dealkylation sites (N-methyl/N-ethyl adjacent to an activating group) is 1. The maximum Gasteiger partial charge on any atom is 0.240 e. The zero-order valence-corrected chi connectivity index (χ0v) is 8.44. The standard InChI is InChI=1S/C9H18N2O3/c1-10-8-3-2-4-11(9(8)14)7(5-12)6-13/h7-8,10,12-13H,2-6H2,1H3. The van der Waals surface area contributed by atoms with E-state index in [0.717, 1.165) is 12.8 Å². The molecule has 1 heterocycles. The predicted octanol–water partition coefficient (Wildman–Crippen LogP) is -1.45. The molecule has 1 atom stereocenters. The third kappa shape index (κ3) is 2.23. The molecule has 1 aliphatic rings. The molecule has 0 bridgehead atoms. The molecule has 1 aliphatic heterocycles. The van der Waals surface area contributed by atoms with Gasteiger partial charge < -0.3 is 20.4 Å². The number of hydrogen-bond donors (Lipinski definition) is 3. The largest absolute Gasteiger partial charge is 0.394 e. The van der Waals surface area contributed by atoms with Crippen LogP contribution in [-0.2, 0) is 4.79 Å². The molecule has 1 rings (SSSR count). The normalized spacial score (nSPS) is 23.3. The lowest BCUT2D eigenvalue weighted by Gasteiger charge is -2.36. The number of nitrogens with one attached hydrogen (secondary N) is 1. The highest BCUT2D eigenvalue weighted by atomic mass is 16.3. The van der Waals surface area contributed by atoms with Crippen LogP contribution < -0.4 is 5.32 Å². The van der Waals surface area contributed by atoms with Crippen LogP contribution in [0, 0.1) is 0 Å². The number of carbonyl (C=O) groups is 1. The Morgan fingerprint density at radius 2 is 2.21 bits per heavy atom. The number of rotatable bonds is 4. The van der Waals surface area contributed by atoms with E-state index in [1.807, 2.05) is 0 Å². The summed E-state index contributed by atoms with van der Waals surface area (Å²) in [5, 5.41) is 20.9. The first-order valence-corrected chi connectivity index (χ1v) is 4.94. The first-order chi connectivity index (χ1) is 6.74. The maximum atomic E-state index is 11.8. The topological polar surface area (TPSA) is 72.8 Å². The van der Waals surface area contributed by atoms with Gasteiger partial charge in [0.05, 0.1) is 25.3 Å². The molecule has 5 heteroatoms. The second-order valence-electron chi connectivity index (χ2n) is 3.53. The highest BCUT2D eigenvalue weighted by Crippen LogP contribution is 2.14. The van der Waals surface area contributed by atoms with Gasteiger partial charge in [-0.3, -0.25) is 4.79 Å². The van der Waals surface area contributed by atoms with Crippen LogP contribution in [0.3, 0.4) is 0 Å². The molecule has 5 nitrogen and oxygen atoms in total. The summed E-state index contributed by atoms with van der Waals surface area (Å²) in [4.78, 5) is 13.3. The molecule has 0 aromatic rings. The summed E-state index contributed by atoms with van der Waals surface area (Å²) in [5.41, 5.74) is 0. The molecule has 0 radical (unpaired) electrons. The lowest BCUT2D eigenvalue weighted by molar-refractivity contribution is -0.140. The lowest BCUT2D eigenvalue weighted by Crippen LogP contribution is -2.55. The number of amides is 1. The van der Waals surface area contributed by atoms with Crippen molar-refractivity contribution < 1.29 is 15.0 Å². The third-order valence-electron chi connectivity index (χ3n) is 2.68. The molecular formula is C9H18N2O3. The second kappa shape index (κ2) is 5.29. The highest BCUT2D eigenvalue weighted by molar-refractivity contribution is 5.82. The Balaban J connectivity index is 2.63. The molecule has 0 aliphatic carbocycles. The van der Waals surface area contributed by atoms with Crippen molar-refractivity contribution in [1.82, 2.24) is 10.2 Å². The maximum absolute atomic E-state index is 11.8. The summed E-state index contributed by atoms with van der Waals surface area (Å²) in [6, 6.07) is -0.608. The monoisotopic (exact) mass is 202 g/mol. The van der Waals surface area contributed by atoms with E-state index in [1.54, 1.807) is 11.9 Å². The lowest BCUT2D eigenvalue weighted by atomic mass is 10.0. The molecule has 3 N–H and O–H groups in total. The summed E-state index contributed by atoms with van der Waals surface area (Å²) in [7, 11) is 1.75. The number of aliphatic hydroxyl groups is 2. The molecule has 82 valence electrons. The van der Waals surface area contributed by atoms with Crippen molar-refractivity contribution in [3.63, 3.8) is 0 Å². The highest BCUT2D eigenvalue weighted by Gasteiger charge is 2.31. The van der Waals surface area contributed by atoms with Gasteiger partial charge in [-0.2, -0.15) is 0 Å². The van der Waals surface area contributed by atoms with E-state index in [-0.39, 0.29) is 25.2 Å². The fourth-order valence-corrected chi connectivity index (χ4v) is 1.78. The summed E-state index contributed by atoms with van der Waals surface area (Å²) in [6.45, 7) is 0.264. The molecule has 1 unspecified atom stereocenters. The van der Waals surface area contributed by atoms with Crippen LogP contribution in [0.25, 0.3) is 0 Å². The van der Waals surface area contributed by atoms with Gasteiger partial charge in [0.1, 0.15) is 0 Å².